The molecule has 0 saturated carbocycles. The number of nitrogens with one attached hydrogen (secondary N) is 1. The van der Waals surface area contributed by atoms with Crippen LogP contribution in [0, 0.1) is 0 Å². The van der Waals surface area contributed by atoms with E-state index < -0.39 is 11.9 Å². The summed E-state index contributed by atoms with van der Waals surface area (Å²) in [6.45, 7) is 1.71. The molecule has 4 amide bonds. The van der Waals surface area contributed by atoms with Gasteiger partial charge in [0.1, 0.15) is 6.04 Å². The molecule has 1 atom stereocenters. The molecule has 1 aromatic rings. The number of nitrogens with zero attached hydrogens (tertiary/aromatic N) is 2. The van der Waals surface area contributed by atoms with Crippen molar-refractivity contribution in [3.63, 3.8) is 0 Å². The van der Waals surface area contributed by atoms with Gasteiger partial charge >= 0.3 is 0 Å². The summed E-state index contributed by atoms with van der Waals surface area (Å²) in [4.78, 5) is 50.5. The van der Waals surface area contributed by atoms with E-state index in [0.29, 0.717) is 17.7 Å². The van der Waals surface area contributed by atoms with E-state index in [2.05, 4.69) is 5.32 Å². The molecular formula is C16H17N3O4. The molecule has 1 fully saturated rings. The fourth-order valence-corrected chi connectivity index (χ4v) is 3.05. The van der Waals surface area contributed by atoms with Crippen LogP contribution in [0.2, 0.25) is 0 Å². The number of rotatable bonds is 2. The summed E-state index contributed by atoms with van der Waals surface area (Å²) in [6, 6.07) is 4.55. The average Bonchev–Trinajstić information content (AvgIpc) is 2.84. The lowest BCUT2D eigenvalue weighted by atomic mass is 10.0. The van der Waals surface area contributed by atoms with Gasteiger partial charge in [0, 0.05) is 43.8 Å². The topological polar surface area (TPSA) is 86.8 Å². The van der Waals surface area contributed by atoms with Crippen LogP contribution in [0.1, 0.15) is 35.7 Å². The zero-order valence-electron chi connectivity index (χ0n) is 13.0. The number of fused-ring (bicyclic) bond motifs is 1. The molecule has 120 valence electrons. The Bertz CT molecular complexity index is 728. The minimum atomic E-state index is -0.650. The molecule has 1 unspecified atom stereocenters. The number of anilines is 1. The maximum Gasteiger partial charge on any atom is 0.255 e. The lowest BCUT2D eigenvalue weighted by Gasteiger charge is -2.29. The number of carbonyl (C=O) groups is 4. The molecule has 2 aliphatic rings. The van der Waals surface area contributed by atoms with Crippen LogP contribution in [0.4, 0.5) is 5.69 Å². The second-order valence-corrected chi connectivity index (χ2v) is 5.78. The minimum absolute atomic E-state index is 0.134. The first-order valence-corrected chi connectivity index (χ1v) is 7.41. The summed E-state index contributed by atoms with van der Waals surface area (Å²) in [5, 5.41) is 2.27. The van der Waals surface area contributed by atoms with Crippen molar-refractivity contribution in [2.24, 2.45) is 0 Å². The minimum Gasteiger partial charge on any atom is -0.322 e. The summed E-state index contributed by atoms with van der Waals surface area (Å²) >= 11 is 0. The third kappa shape index (κ3) is 2.48. The first kappa shape index (κ1) is 15.2. The van der Waals surface area contributed by atoms with Crippen molar-refractivity contribution in [3.05, 3.63) is 29.3 Å². The van der Waals surface area contributed by atoms with E-state index in [1.165, 1.54) is 16.7 Å². The molecule has 2 heterocycles. The first-order chi connectivity index (χ1) is 10.9. The molecule has 3 rings (SSSR count). The van der Waals surface area contributed by atoms with Gasteiger partial charge in [-0.25, -0.2) is 0 Å². The third-order valence-electron chi connectivity index (χ3n) is 4.39. The predicted octanol–water partition coefficient (Wildman–Crippen LogP) is 0.430. The molecule has 0 radical (unpaired) electrons. The highest BCUT2D eigenvalue weighted by Gasteiger charge is 2.40. The normalized spacial score (nSPS) is 20.3. The Morgan fingerprint density at radius 3 is 2.70 bits per heavy atom. The Morgan fingerprint density at radius 1 is 1.30 bits per heavy atom. The molecule has 1 saturated heterocycles. The Balaban J connectivity index is 1.93. The maximum atomic E-state index is 12.6. The van der Waals surface area contributed by atoms with Crippen molar-refractivity contribution in [2.45, 2.75) is 32.4 Å². The van der Waals surface area contributed by atoms with Crippen molar-refractivity contribution in [1.29, 1.82) is 0 Å². The number of amides is 4. The van der Waals surface area contributed by atoms with Gasteiger partial charge in [-0.3, -0.25) is 24.5 Å². The molecule has 7 nitrogen and oxygen atoms in total. The molecule has 2 aliphatic heterocycles. The highest BCUT2D eigenvalue weighted by atomic mass is 16.2. The molecule has 0 spiro atoms. The van der Waals surface area contributed by atoms with Gasteiger partial charge in [0.25, 0.3) is 5.91 Å². The Hall–Kier alpha value is -2.70. The number of benzene rings is 1. The van der Waals surface area contributed by atoms with Crippen LogP contribution in [0.5, 0.6) is 0 Å². The Morgan fingerprint density at radius 2 is 2.04 bits per heavy atom. The van der Waals surface area contributed by atoms with Crippen LogP contribution in [-0.4, -0.2) is 41.6 Å². The van der Waals surface area contributed by atoms with Crippen LogP contribution in [0.15, 0.2) is 18.2 Å². The van der Waals surface area contributed by atoms with Gasteiger partial charge in [0.15, 0.2) is 0 Å². The fraction of sp³-hybridized carbons (Fsp3) is 0.375. The molecule has 0 bridgehead atoms. The van der Waals surface area contributed by atoms with E-state index in [9.17, 15) is 19.2 Å². The standard InChI is InChI=1S/C16H17N3O4/c1-9(20)18(2)12-5-3-4-10-11(12)8-19(16(10)23)13-6-7-14(21)17-15(13)22/h3-5,13H,6-8H2,1-2H3,(H,17,21,22). The largest absolute Gasteiger partial charge is 0.322 e. The number of hydrogen-bond donors (Lipinski definition) is 1. The SMILES string of the molecule is CC(=O)N(C)c1cccc2c1CN(C1CCC(=O)NC1=O)C2=O. The van der Waals surface area contributed by atoms with E-state index >= 15 is 0 Å². The molecule has 1 N–H and O–H groups in total. The molecular weight excluding hydrogens is 298 g/mol. The fourth-order valence-electron chi connectivity index (χ4n) is 3.05. The number of carbonyl (C=O) groups excluding carboxylic acids is 4. The van der Waals surface area contributed by atoms with E-state index in [4.69, 9.17) is 0 Å². The second kappa shape index (κ2) is 5.49. The number of imide groups is 1. The van der Waals surface area contributed by atoms with Crippen LogP contribution < -0.4 is 10.2 Å². The van der Waals surface area contributed by atoms with Crippen LogP contribution in [0.25, 0.3) is 0 Å². The monoisotopic (exact) mass is 315 g/mol. The summed E-state index contributed by atoms with van der Waals surface area (Å²) in [5.41, 5.74) is 1.90. The van der Waals surface area contributed by atoms with Crippen LogP contribution >= 0.6 is 0 Å². The molecule has 23 heavy (non-hydrogen) atoms. The van der Waals surface area contributed by atoms with Gasteiger partial charge < -0.3 is 9.80 Å². The van der Waals surface area contributed by atoms with Gasteiger partial charge in [-0.2, -0.15) is 0 Å². The predicted molar refractivity (Wildman–Crippen MR) is 81.6 cm³/mol. The number of hydrogen-bond acceptors (Lipinski definition) is 4. The van der Waals surface area contributed by atoms with Gasteiger partial charge in [-0.15, -0.1) is 0 Å². The zero-order chi connectivity index (χ0) is 16.7. The molecule has 0 aromatic heterocycles. The van der Waals surface area contributed by atoms with E-state index in [1.54, 1.807) is 25.2 Å². The van der Waals surface area contributed by atoms with Crippen molar-refractivity contribution in [3.8, 4) is 0 Å². The van der Waals surface area contributed by atoms with Crippen molar-refractivity contribution >= 4 is 29.3 Å². The average molecular weight is 315 g/mol. The summed E-state index contributed by atoms with van der Waals surface area (Å²) in [7, 11) is 1.65. The van der Waals surface area contributed by atoms with E-state index in [1.807, 2.05) is 0 Å². The zero-order valence-corrected chi connectivity index (χ0v) is 13.0. The van der Waals surface area contributed by atoms with Crippen molar-refractivity contribution in [2.75, 3.05) is 11.9 Å². The van der Waals surface area contributed by atoms with Crippen molar-refractivity contribution < 1.29 is 19.2 Å². The van der Waals surface area contributed by atoms with E-state index in [-0.39, 0.29) is 30.7 Å². The van der Waals surface area contributed by atoms with Crippen molar-refractivity contribution in [1.82, 2.24) is 10.2 Å². The molecule has 0 aliphatic carbocycles. The molecule has 7 heteroatoms. The molecule has 1 aromatic carbocycles. The lowest BCUT2D eigenvalue weighted by molar-refractivity contribution is -0.137. The van der Waals surface area contributed by atoms with E-state index in [0.717, 1.165) is 5.56 Å². The third-order valence-corrected chi connectivity index (χ3v) is 4.39. The maximum absolute atomic E-state index is 12.6. The second-order valence-electron chi connectivity index (χ2n) is 5.78. The van der Waals surface area contributed by atoms with Gasteiger partial charge in [0.2, 0.25) is 17.7 Å². The summed E-state index contributed by atoms with van der Waals surface area (Å²) < 4.78 is 0. The van der Waals surface area contributed by atoms with Gasteiger partial charge in [-0.05, 0) is 18.6 Å². The van der Waals surface area contributed by atoms with Crippen LogP contribution in [-0.2, 0) is 20.9 Å². The number of piperidine rings is 1. The van der Waals surface area contributed by atoms with Crippen LogP contribution in [0.3, 0.4) is 0 Å². The lowest BCUT2D eigenvalue weighted by Crippen LogP contribution is -2.52. The highest BCUT2D eigenvalue weighted by Crippen LogP contribution is 2.33. The summed E-state index contributed by atoms with van der Waals surface area (Å²) in [5.74, 6) is -1.13. The summed E-state index contributed by atoms with van der Waals surface area (Å²) in [6.07, 6.45) is 0.541. The Labute approximate surface area is 133 Å². The Kier molecular flexibility index (Phi) is 3.63. The van der Waals surface area contributed by atoms with Gasteiger partial charge in [-0.1, -0.05) is 6.07 Å². The quantitative estimate of drug-likeness (QED) is 0.802. The van der Waals surface area contributed by atoms with Gasteiger partial charge in [0.05, 0.1) is 0 Å². The highest BCUT2D eigenvalue weighted by molar-refractivity contribution is 6.06. The smallest absolute Gasteiger partial charge is 0.255 e. The first-order valence-electron chi connectivity index (χ1n) is 7.41.